The zero-order valence-corrected chi connectivity index (χ0v) is 16.1. The van der Waals surface area contributed by atoms with Crippen LogP contribution in [-0.2, 0) is 11.2 Å². The van der Waals surface area contributed by atoms with Crippen molar-refractivity contribution < 1.29 is 9.53 Å². The van der Waals surface area contributed by atoms with Crippen LogP contribution in [0.3, 0.4) is 0 Å². The minimum absolute atomic E-state index is 0.0371. The third-order valence-corrected chi connectivity index (χ3v) is 5.04. The van der Waals surface area contributed by atoms with E-state index in [1.54, 1.807) is 11.6 Å². The molecule has 0 aliphatic carbocycles. The molecule has 4 rings (SSSR count). The van der Waals surface area contributed by atoms with Gasteiger partial charge in [0.2, 0.25) is 5.91 Å². The molecule has 0 bridgehead atoms. The highest BCUT2D eigenvalue weighted by molar-refractivity contribution is 5.79. The molecule has 1 N–H and O–H groups in total. The van der Waals surface area contributed by atoms with E-state index in [4.69, 9.17) is 4.74 Å². The molecule has 3 aromatic rings. The van der Waals surface area contributed by atoms with Gasteiger partial charge in [-0.25, -0.2) is 0 Å². The van der Waals surface area contributed by atoms with Crippen LogP contribution >= 0.6 is 0 Å². The van der Waals surface area contributed by atoms with Crippen molar-refractivity contribution in [1.82, 2.24) is 25.1 Å². The molecule has 8 nitrogen and oxygen atoms in total. The summed E-state index contributed by atoms with van der Waals surface area (Å²) in [4.78, 5) is 14.7. The Kier molecular flexibility index (Phi) is 5.10. The summed E-state index contributed by atoms with van der Waals surface area (Å²) in [5.41, 5.74) is 1.71. The predicted molar refractivity (Wildman–Crippen MR) is 106 cm³/mol. The highest BCUT2D eigenvalue weighted by Gasteiger charge is 2.23. The molecular formula is C20H24N6O2. The predicted octanol–water partition coefficient (Wildman–Crippen LogP) is 1.77. The second-order valence-electron chi connectivity index (χ2n) is 7.09. The lowest BCUT2D eigenvalue weighted by atomic mass is 10.0. The molecule has 1 saturated heterocycles. The normalized spacial score (nSPS) is 16.9. The van der Waals surface area contributed by atoms with Gasteiger partial charge in [0.25, 0.3) is 0 Å². The first kappa shape index (κ1) is 18.2. The molecule has 0 radical (unpaired) electrons. The molecule has 1 amide bonds. The summed E-state index contributed by atoms with van der Waals surface area (Å²) < 4.78 is 6.91. The first-order valence-electron chi connectivity index (χ1n) is 9.48. The van der Waals surface area contributed by atoms with Crippen LogP contribution in [-0.4, -0.2) is 52.0 Å². The first-order chi connectivity index (χ1) is 13.6. The summed E-state index contributed by atoms with van der Waals surface area (Å²) in [6, 6.07) is 11.6. The van der Waals surface area contributed by atoms with Crippen LogP contribution < -0.4 is 15.0 Å². The average Bonchev–Trinajstić information content (AvgIpc) is 3.09. The van der Waals surface area contributed by atoms with E-state index in [2.05, 4.69) is 25.5 Å². The van der Waals surface area contributed by atoms with Gasteiger partial charge < -0.3 is 15.0 Å². The highest BCUT2D eigenvalue weighted by atomic mass is 16.5. The molecule has 1 aromatic carbocycles. The Morgan fingerprint density at radius 2 is 2.04 bits per heavy atom. The molecule has 0 saturated carbocycles. The Bertz CT molecular complexity index is 968. The highest BCUT2D eigenvalue weighted by Crippen LogP contribution is 2.19. The molecule has 1 aliphatic rings. The zero-order chi connectivity index (χ0) is 19.5. The number of hydrogen-bond donors (Lipinski definition) is 1. The van der Waals surface area contributed by atoms with Crippen molar-refractivity contribution in [2.75, 3.05) is 25.1 Å². The summed E-state index contributed by atoms with van der Waals surface area (Å²) in [5.74, 6) is 2.47. The maximum absolute atomic E-state index is 12.5. The monoisotopic (exact) mass is 380 g/mol. The van der Waals surface area contributed by atoms with E-state index in [1.807, 2.05) is 43.3 Å². The number of carbonyl (C=O) groups is 1. The lowest BCUT2D eigenvalue weighted by Gasteiger charge is -2.33. The maximum atomic E-state index is 12.5. The van der Waals surface area contributed by atoms with Gasteiger partial charge in [-0.1, -0.05) is 12.1 Å². The van der Waals surface area contributed by atoms with Crippen LogP contribution in [0.15, 0.2) is 36.4 Å². The van der Waals surface area contributed by atoms with Crippen molar-refractivity contribution in [3.63, 3.8) is 0 Å². The van der Waals surface area contributed by atoms with Crippen molar-refractivity contribution in [1.29, 1.82) is 0 Å². The Morgan fingerprint density at radius 3 is 2.82 bits per heavy atom. The number of aryl methyl sites for hydroxylation is 1. The number of nitrogens with one attached hydrogen (secondary N) is 1. The standard InChI is InChI=1S/C20H24N6O2/c1-14-22-23-18-9-10-19(24-26(14)18)25-11-3-4-16(13-25)21-20(27)12-15-5-7-17(28-2)8-6-15/h5-10,16H,3-4,11-13H2,1-2H3,(H,21,27). The van der Waals surface area contributed by atoms with Crippen LogP contribution in [0.4, 0.5) is 5.82 Å². The number of hydrogen-bond acceptors (Lipinski definition) is 6. The number of aromatic nitrogens is 4. The third kappa shape index (κ3) is 3.90. The van der Waals surface area contributed by atoms with Crippen molar-refractivity contribution in [3.8, 4) is 5.75 Å². The Labute approximate surface area is 163 Å². The van der Waals surface area contributed by atoms with Gasteiger partial charge in [0.15, 0.2) is 11.5 Å². The number of fused-ring (bicyclic) bond motifs is 1. The average molecular weight is 380 g/mol. The van der Waals surface area contributed by atoms with Crippen molar-refractivity contribution >= 4 is 17.4 Å². The number of ether oxygens (including phenoxy) is 1. The summed E-state index contributed by atoms with van der Waals surface area (Å²) in [6.07, 6.45) is 2.34. The number of methoxy groups -OCH3 is 1. The van der Waals surface area contributed by atoms with Gasteiger partial charge in [0.1, 0.15) is 11.6 Å². The van der Waals surface area contributed by atoms with Crippen LogP contribution in [0, 0.1) is 6.92 Å². The van der Waals surface area contributed by atoms with E-state index in [9.17, 15) is 4.79 Å². The molecule has 1 fully saturated rings. The van der Waals surface area contributed by atoms with E-state index in [0.29, 0.717) is 6.42 Å². The van der Waals surface area contributed by atoms with Crippen molar-refractivity contribution in [2.24, 2.45) is 0 Å². The number of amides is 1. The number of piperidine rings is 1. The fourth-order valence-corrected chi connectivity index (χ4v) is 3.57. The van der Waals surface area contributed by atoms with E-state index < -0.39 is 0 Å². The number of anilines is 1. The molecule has 8 heteroatoms. The van der Waals surface area contributed by atoms with E-state index >= 15 is 0 Å². The SMILES string of the molecule is COc1ccc(CC(=O)NC2CCCN(c3ccc4nnc(C)n4n3)C2)cc1. The molecule has 2 aromatic heterocycles. The second kappa shape index (κ2) is 7.84. The largest absolute Gasteiger partial charge is 0.497 e. The van der Waals surface area contributed by atoms with Gasteiger partial charge in [-0.15, -0.1) is 15.3 Å². The Hall–Kier alpha value is -3.16. The van der Waals surface area contributed by atoms with E-state index in [0.717, 1.165) is 54.5 Å². The number of rotatable bonds is 5. The summed E-state index contributed by atoms with van der Waals surface area (Å²) >= 11 is 0. The molecule has 1 unspecified atom stereocenters. The van der Waals surface area contributed by atoms with Crippen molar-refractivity contribution in [3.05, 3.63) is 47.8 Å². The molecule has 1 atom stereocenters. The number of benzene rings is 1. The van der Waals surface area contributed by atoms with Crippen LogP contribution in [0.2, 0.25) is 0 Å². The fourth-order valence-electron chi connectivity index (χ4n) is 3.57. The number of nitrogens with zero attached hydrogens (tertiary/aromatic N) is 5. The second-order valence-corrected chi connectivity index (χ2v) is 7.09. The molecule has 0 spiro atoms. The maximum Gasteiger partial charge on any atom is 0.224 e. The van der Waals surface area contributed by atoms with E-state index in [-0.39, 0.29) is 11.9 Å². The lowest BCUT2D eigenvalue weighted by molar-refractivity contribution is -0.121. The summed E-state index contributed by atoms with van der Waals surface area (Å²) in [6.45, 7) is 3.55. The summed E-state index contributed by atoms with van der Waals surface area (Å²) in [7, 11) is 1.63. The smallest absolute Gasteiger partial charge is 0.224 e. The zero-order valence-electron chi connectivity index (χ0n) is 16.1. The van der Waals surface area contributed by atoms with Gasteiger partial charge >= 0.3 is 0 Å². The van der Waals surface area contributed by atoms with Crippen molar-refractivity contribution in [2.45, 2.75) is 32.2 Å². The Morgan fingerprint density at radius 1 is 1.21 bits per heavy atom. The topological polar surface area (TPSA) is 84.6 Å². The number of carbonyl (C=O) groups excluding carboxylic acids is 1. The van der Waals surface area contributed by atoms with Crippen LogP contribution in [0.1, 0.15) is 24.2 Å². The molecule has 146 valence electrons. The molecule has 28 heavy (non-hydrogen) atoms. The van der Waals surface area contributed by atoms with Crippen LogP contribution in [0.5, 0.6) is 5.75 Å². The summed E-state index contributed by atoms with van der Waals surface area (Å²) in [5, 5.41) is 15.9. The fraction of sp³-hybridized carbons (Fsp3) is 0.400. The Balaban J connectivity index is 1.38. The molecule has 1 aliphatic heterocycles. The quantitative estimate of drug-likeness (QED) is 0.726. The minimum atomic E-state index is 0.0371. The van der Waals surface area contributed by atoms with Crippen LogP contribution in [0.25, 0.3) is 5.65 Å². The van der Waals surface area contributed by atoms with Gasteiger partial charge in [-0.05, 0) is 49.6 Å². The van der Waals surface area contributed by atoms with Gasteiger partial charge in [0, 0.05) is 19.1 Å². The third-order valence-electron chi connectivity index (χ3n) is 5.04. The van der Waals surface area contributed by atoms with Gasteiger partial charge in [-0.2, -0.15) is 4.52 Å². The van der Waals surface area contributed by atoms with Gasteiger partial charge in [0.05, 0.1) is 13.5 Å². The lowest BCUT2D eigenvalue weighted by Crippen LogP contribution is -2.48. The molecule has 3 heterocycles. The van der Waals surface area contributed by atoms with Gasteiger partial charge in [-0.3, -0.25) is 4.79 Å². The first-order valence-corrected chi connectivity index (χ1v) is 9.48. The minimum Gasteiger partial charge on any atom is -0.497 e. The van der Waals surface area contributed by atoms with E-state index in [1.165, 1.54) is 0 Å². The molecular weight excluding hydrogens is 356 g/mol.